The lowest BCUT2D eigenvalue weighted by Crippen LogP contribution is -2.32. The van der Waals surface area contributed by atoms with Crippen LogP contribution in [0.4, 0.5) is 0 Å². The van der Waals surface area contributed by atoms with Crippen molar-refractivity contribution >= 4 is 39.3 Å². The summed E-state index contributed by atoms with van der Waals surface area (Å²) in [5, 5.41) is 18.2. The van der Waals surface area contributed by atoms with Gasteiger partial charge in [-0.3, -0.25) is 4.79 Å². The summed E-state index contributed by atoms with van der Waals surface area (Å²) in [5.74, 6) is 0.282. The van der Waals surface area contributed by atoms with Crippen molar-refractivity contribution in [2.75, 3.05) is 0 Å². The molecule has 0 unspecified atom stereocenters. The Balaban J connectivity index is 2.19. The fourth-order valence-corrected chi connectivity index (χ4v) is 3.16. The van der Waals surface area contributed by atoms with E-state index in [1.807, 2.05) is 32.2 Å². The molecule has 9 heteroatoms. The molecule has 0 aliphatic rings. The van der Waals surface area contributed by atoms with Gasteiger partial charge in [-0.15, -0.1) is 21.5 Å². The Morgan fingerprint density at radius 1 is 1.41 bits per heavy atom. The molecule has 0 atom stereocenters. The second kappa shape index (κ2) is 5.40. The lowest BCUT2D eigenvalue weighted by atomic mass is 9.93. The van der Waals surface area contributed by atoms with Gasteiger partial charge < -0.3 is 0 Å². The van der Waals surface area contributed by atoms with Gasteiger partial charge in [0.1, 0.15) is 12.0 Å². The lowest BCUT2D eigenvalue weighted by molar-refractivity contribution is 0.529. The van der Waals surface area contributed by atoms with Gasteiger partial charge in [0.25, 0.3) is 11.3 Å². The highest BCUT2D eigenvalue weighted by molar-refractivity contribution is 9.10. The molecule has 0 radical (unpaired) electrons. The summed E-state index contributed by atoms with van der Waals surface area (Å²) in [6.07, 6.45) is 3.08. The fraction of sp³-hybridized carbons (Fsp3) is 0.308. The Morgan fingerprint density at radius 3 is 2.82 bits per heavy atom. The van der Waals surface area contributed by atoms with E-state index in [2.05, 4.69) is 36.3 Å². The zero-order valence-corrected chi connectivity index (χ0v) is 14.6. The second-order valence-corrected chi connectivity index (χ2v) is 7.56. The maximum atomic E-state index is 12.7. The van der Waals surface area contributed by atoms with Crippen molar-refractivity contribution in [1.29, 1.82) is 0 Å². The standard InChI is InChI=1S/C13H13BrN6OS/c1-13(2,3)10-11(21)20(12-17-15-7-19(12)18-10)16-5-9-4-8(14)6-22-9/h4-7H,1-3H3. The predicted molar refractivity (Wildman–Crippen MR) is 88.8 cm³/mol. The molecule has 0 saturated carbocycles. The monoisotopic (exact) mass is 380 g/mol. The van der Waals surface area contributed by atoms with Gasteiger partial charge >= 0.3 is 0 Å². The van der Waals surface area contributed by atoms with Crippen molar-refractivity contribution in [3.05, 3.63) is 43.2 Å². The minimum absolute atomic E-state index is 0.282. The van der Waals surface area contributed by atoms with Crippen LogP contribution in [-0.2, 0) is 5.41 Å². The quantitative estimate of drug-likeness (QED) is 0.639. The summed E-state index contributed by atoms with van der Waals surface area (Å²) in [5.41, 5.74) is -0.289. The molecular formula is C13H13BrN6OS. The van der Waals surface area contributed by atoms with Crippen LogP contribution in [-0.4, -0.2) is 30.7 Å². The molecule has 0 aliphatic carbocycles. The third-order valence-corrected chi connectivity index (χ3v) is 4.53. The number of nitrogens with zero attached hydrogens (tertiary/aromatic N) is 6. The Labute approximate surface area is 138 Å². The SMILES string of the molecule is CC(C)(C)c1nn2cnnc2n(N=Cc2cc(Br)cs2)c1=O. The minimum Gasteiger partial charge on any atom is -0.265 e. The predicted octanol–water partition coefficient (Wildman–Crippen LogP) is 2.29. The van der Waals surface area contributed by atoms with Crippen molar-refractivity contribution < 1.29 is 0 Å². The van der Waals surface area contributed by atoms with Crippen molar-refractivity contribution in [1.82, 2.24) is 24.5 Å². The molecule has 22 heavy (non-hydrogen) atoms. The van der Waals surface area contributed by atoms with Crippen molar-refractivity contribution in [2.24, 2.45) is 5.10 Å². The Kier molecular flexibility index (Phi) is 3.69. The van der Waals surface area contributed by atoms with E-state index >= 15 is 0 Å². The van der Waals surface area contributed by atoms with Gasteiger partial charge in [-0.05, 0) is 22.0 Å². The van der Waals surface area contributed by atoms with E-state index in [1.165, 1.54) is 26.9 Å². The summed E-state index contributed by atoms with van der Waals surface area (Å²) in [7, 11) is 0. The van der Waals surface area contributed by atoms with E-state index in [9.17, 15) is 4.79 Å². The van der Waals surface area contributed by atoms with Gasteiger partial charge in [0.2, 0.25) is 0 Å². The Hall–Kier alpha value is -1.87. The normalized spacial score (nSPS) is 12.5. The molecule has 0 aromatic carbocycles. The summed E-state index contributed by atoms with van der Waals surface area (Å²) in [6.45, 7) is 5.78. The van der Waals surface area contributed by atoms with Gasteiger partial charge in [-0.2, -0.15) is 19.4 Å². The molecule has 114 valence electrons. The first kappa shape index (κ1) is 15.0. The smallest absolute Gasteiger partial charge is 0.265 e. The van der Waals surface area contributed by atoms with Crippen LogP contribution in [0.15, 0.2) is 32.1 Å². The summed E-state index contributed by atoms with van der Waals surface area (Å²) < 4.78 is 3.67. The first-order valence-electron chi connectivity index (χ1n) is 6.48. The molecule has 0 fully saturated rings. The number of aromatic nitrogens is 5. The van der Waals surface area contributed by atoms with Gasteiger partial charge in [-0.1, -0.05) is 20.8 Å². The number of hydrogen-bond acceptors (Lipinski definition) is 6. The number of hydrogen-bond donors (Lipinski definition) is 0. The van der Waals surface area contributed by atoms with Gasteiger partial charge in [0, 0.05) is 20.1 Å². The van der Waals surface area contributed by atoms with Gasteiger partial charge in [-0.25, -0.2) is 0 Å². The third-order valence-electron chi connectivity index (χ3n) is 2.90. The minimum atomic E-state index is -0.404. The molecule has 0 bridgehead atoms. The van der Waals surface area contributed by atoms with Crippen LogP contribution < -0.4 is 5.56 Å². The molecule has 0 aliphatic heterocycles. The van der Waals surface area contributed by atoms with E-state index in [0.717, 1.165) is 9.35 Å². The molecule has 7 nitrogen and oxygen atoms in total. The van der Waals surface area contributed by atoms with E-state index in [1.54, 1.807) is 6.21 Å². The maximum Gasteiger partial charge on any atom is 0.298 e. The van der Waals surface area contributed by atoms with Gasteiger partial charge in [0.15, 0.2) is 0 Å². The molecule has 3 aromatic rings. The average molecular weight is 381 g/mol. The van der Waals surface area contributed by atoms with Crippen molar-refractivity contribution in [2.45, 2.75) is 26.2 Å². The largest absolute Gasteiger partial charge is 0.298 e. The summed E-state index contributed by atoms with van der Waals surface area (Å²) in [6, 6.07) is 1.92. The number of halogens is 1. The first-order chi connectivity index (χ1) is 10.4. The molecular weight excluding hydrogens is 368 g/mol. The van der Waals surface area contributed by atoms with E-state index < -0.39 is 5.41 Å². The highest BCUT2D eigenvalue weighted by Crippen LogP contribution is 2.18. The maximum absolute atomic E-state index is 12.7. The lowest BCUT2D eigenvalue weighted by Gasteiger charge is -2.16. The van der Waals surface area contributed by atoms with E-state index in [0.29, 0.717) is 5.69 Å². The van der Waals surface area contributed by atoms with Crippen LogP contribution in [0.25, 0.3) is 5.78 Å². The summed E-state index contributed by atoms with van der Waals surface area (Å²) >= 11 is 4.91. The zero-order valence-electron chi connectivity index (χ0n) is 12.2. The Morgan fingerprint density at radius 2 is 2.18 bits per heavy atom. The van der Waals surface area contributed by atoms with Crippen LogP contribution in [0.1, 0.15) is 31.3 Å². The molecule has 3 heterocycles. The summed E-state index contributed by atoms with van der Waals surface area (Å²) in [4.78, 5) is 13.6. The third kappa shape index (κ3) is 2.73. The van der Waals surface area contributed by atoms with Crippen LogP contribution in [0.2, 0.25) is 0 Å². The molecule has 3 rings (SSSR count). The van der Waals surface area contributed by atoms with Crippen molar-refractivity contribution in [3.63, 3.8) is 0 Å². The van der Waals surface area contributed by atoms with Crippen molar-refractivity contribution in [3.8, 4) is 0 Å². The molecule has 3 aromatic heterocycles. The van der Waals surface area contributed by atoms with Crippen LogP contribution >= 0.6 is 27.3 Å². The zero-order chi connectivity index (χ0) is 15.9. The average Bonchev–Trinajstić information content (AvgIpc) is 3.04. The molecule has 0 saturated heterocycles. The number of thiophene rings is 1. The topological polar surface area (TPSA) is 77.4 Å². The highest BCUT2D eigenvalue weighted by atomic mass is 79.9. The fourth-order valence-electron chi connectivity index (χ4n) is 1.86. The molecule has 0 spiro atoms. The second-order valence-electron chi connectivity index (χ2n) is 5.70. The number of rotatable bonds is 2. The van der Waals surface area contributed by atoms with E-state index in [4.69, 9.17) is 0 Å². The number of fused-ring (bicyclic) bond motifs is 1. The molecule has 0 amide bonds. The van der Waals surface area contributed by atoms with Gasteiger partial charge in [0.05, 0.1) is 6.21 Å². The highest BCUT2D eigenvalue weighted by Gasteiger charge is 2.23. The van der Waals surface area contributed by atoms with E-state index in [-0.39, 0.29) is 11.3 Å². The first-order valence-corrected chi connectivity index (χ1v) is 8.15. The van der Waals surface area contributed by atoms with Crippen LogP contribution in [0.5, 0.6) is 0 Å². The van der Waals surface area contributed by atoms with Crippen LogP contribution in [0.3, 0.4) is 0 Å². The molecule has 0 N–H and O–H groups in total. The Bertz CT molecular complexity index is 917. The van der Waals surface area contributed by atoms with Crippen LogP contribution in [0, 0.1) is 0 Å².